The molecular formula is C15H21N3O3. The Labute approximate surface area is 124 Å². The van der Waals surface area contributed by atoms with Crippen molar-refractivity contribution < 1.29 is 14.7 Å². The fourth-order valence-corrected chi connectivity index (χ4v) is 2.63. The van der Waals surface area contributed by atoms with Crippen molar-refractivity contribution in [3.63, 3.8) is 0 Å². The number of carboxylic acid groups (broad SMARTS) is 1. The smallest absolute Gasteiger partial charge is 0.336 e. The number of hydrogen-bond acceptors (Lipinski definition) is 3. The van der Waals surface area contributed by atoms with Crippen molar-refractivity contribution in [3.8, 4) is 0 Å². The van der Waals surface area contributed by atoms with E-state index >= 15 is 0 Å². The van der Waals surface area contributed by atoms with Crippen molar-refractivity contribution in [2.24, 2.45) is 0 Å². The van der Waals surface area contributed by atoms with E-state index in [-0.39, 0.29) is 17.6 Å². The largest absolute Gasteiger partial charge is 0.478 e. The predicted octanol–water partition coefficient (Wildman–Crippen LogP) is 1.86. The number of carbonyl (C=O) groups is 2. The van der Waals surface area contributed by atoms with Crippen LogP contribution in [-0.4, -0.2) is 59.6 Å². The van der Waals surface area contributed by atoms with E-state index in [4.69, 9.17) is 5.11 Å². The fraction of sp³-hybridized carbons (Fsp3) is 0.467. The van der Waals surface area contributed by atoms with Crippen molar-refractivity contribution in [1.29, 1.82) is 0 Å². The molecular weight excluding hydrogens is 270 g/mol. The van der Waals surface area contributed by atoms with Crippen LogP contribution in [0.5, 0.6) is 0 Å². The summed E-state index contributed by atoms with van der Waals surface area (Å²) in [6, 6.07) is 4.85. The SMILES string of the molecule is Cc1c(NC(=O)N2CCN(C)CC2C)cccc1C(=O)O. The van der Waals surface area contributed by atoms with Gasteiger partial charge in [0.2, 0.25) is 0 Å². The highest BCUT2D eigenvalue weighted by Gasteiger charge is 2.26. The highest BCUT2D eigenvalue weighted by molar-refractivity contribution is 5.95. The number of carbonyl (C=O) groups excluding carboxylic acids is 1. The van der Waals surface area contributed by atoms with Crippen LogP contribution in [0.3, 0.4) is 0 Å². The van der Waals surface area contributed by atoms with Gasteiger partial charge in [0.1, 0.15) is 0 Å². The Kier molecular flexibility index (Phi) is 4.47. The Balaban J connectivity index is 2.13. The molecule has 0 radical (unpaired) electrons. The molecule has 1 aromatic rings. The Bertz CT molecular complexity index is 559. The zero-order valence-corrected chi connectivity index (χ0v) is 12.6. The summed E-state index contributed by atoms with van der Waals surface area (Å²) >= 11 is 0. The summed E-state index contributed by atoms with van der Waals surface area (Å²) in [4.78, 5) is 27.5. The van der Waals surface area contributed by atoms with Gasteiger partial charge in [-0.05, 0) is 38.6 Å². The molecule has 0 aliphatic carbocycles. The number of rotatable bonds is 2. The zero-order valence-electron chi connectivity index (χ0n) is 12.6. The number of anilines is 1. The second-order valence-electron chi connectivity index (χ2n) is 5.52. The predicted molar refractivity (Wildman–Crippen MR) is 80.8 cm³/mol. The van der Waals surface area contributed by atoms with Gasteiger partial charge in [0.15, 0.2) is 0 Å². The van der Waals surface area contributed by atoms with E-state index in [2.05, 4.69) is 10.2 Å². The van der Waals surface area contributed by atoms with Crippen LogP contribution in [0, 0.1) is 6.92 Å². The van der Waals surface area contributed by atoms with Gasteiger partial charge in [-0.15, -0.1) is 0 Å². The highest BCUT2D eigenvalue weighted by Crippen LogP contribution is 2.20. The Morgan fingerprint density at radius 3 is 2.67 bits per heavy atom. The average Bonchev–Trinajstić information content (AvgIpc) is 2.40. The van der Waals surface area contributed by atoms with E-state index in [0.717, 1.165) is 13.1 Å². The number of hydrogen-bond donors (Lipinski definition) is 2. The third kappa shape index (κ3) is 3.33. The molecule has 21 heavy (non-hydrogen) atoms. The van der Waals surface area contributed by atoms with Gasteiger partial charge in [0.05, 0.1) is 5.56 Å². The number of piperazine rings is 1. The van der Waals surface area contributed by atoms with Crippen LogP contribution in [0.4, 0.5) is 10.5 Å². The molecule has 1 saturated heterocycles. The fourth-order valence-electron chi connectivity index (χ4n) is 2.63. The molecule has 1 fully saturated rings. The maximum atomic E-state index is 12.4. The maximum Gasteiger partial charge on any atom is 0.336 e. The monoisotopic (exact) mass is 291 g/mol. The summed E-state index contributed by atoms with van der Waals surface area (Å²) < 4.78 is 0. The second kappa shape index (κ2) is 6.13. The number of amides is 2. The normalized spacial score (nSPS) is 19.4. The van der Waals surface area contributed by atoms with Crippen molar-refractivity contribution in [3.05, 3.63) is 29.3 Å². The van der Waals surface area contributed by atoms with Crippen LogP contribution in [0.2, 0.25) is 0 Å². The zero-order chi connectivity index (χ0) is 15.6. The first-order valence-electron chi connectivity index (χ1n) is 6.99. The Morgan fingerprint density at radius 1 is 1.33 bits per heavy atom. The van der Waals surface area contributed by atoms with Gasteiger partial charge in [-0.2, -0.15) is 0 Å². The van der Waals surface area contributed by atoms with Gasteiger partial charge in [-0.3, -0.25) is 0 Å². The molecule has 6 heteroatoms. The van der Waals surface area contributed by atoms with Crippen LogP contribution in [0.15, 0.2) is 18.2 Å². The van der Waals surface area contributed by atoms with E-state index in [1.54, 1.807) is 24.0 Å². The number of urea groups is 1. The first-order chi connectivity index (χ1) is 9.90. The van der Waals surface area contributed by atoms with E-state index in [0.29, 0.717) is 17.8 Å². The van der Waals surface area contributed by atoms with E-state index in [1.165, 1.54) is 6.07 Å². The molecule has 1 heterocycles. The molecule has 0 aromatic heterocycles. The summed E-state index contributed by atoms with van der Waals surface area (Å²) in [7, 11) is 2.03. The molecule has 6 nitrogen and oxygen atoms in total. The lowest BCUT2D eigenvalue weighted by molar-refractivity contribution is 0.0696. The quantitative estimate of drug-likeness (QED) is 0.872. The molecule has 2 N–H and O–H groups in total. The molecule has 2 amide bonds. The van der Waals surface area contributed by atoms with Crippen molar-refractivity contribution in [2.45, 2.75) is 19.9 Å². The topological polar surface area (TPSA) is 72.9 Å². The third-order valence-corrected chi connectivity index (χ3v) is 3.90. The summed E-state index contributed by atoms with van der Waals surface area (Å²) in [5.41, 5.74) is 1.32. The number of carboxylic acids is 1. The molecule has 1 atom stereocenters. The molecule has 114 valence electrons. The first kappa shape index (κ1) is 15.3. The van der Waals surface area contributed by atoms with Crippen molar-refractivity contribution in [2.75, 3.05) is 32.0 Å². The standard InChI is InChI=1S/C15H21N3O3/c1-10-9-17(3)7-8-18(10)15(21)16-13-6-4-5-12(11(13)2)14(19)20/h4-6,10H,7-9H2,1-3H3,(H,16,21)(H,19,20). The van der Waals surface area contributed by atoms with Crippen LogP contribution in [0.1, 0.15) is 22.8 Å². The summed E-state index contributed by atoms with van der Waals surface area (Å²) in [5.74, 6) is -0.989. The van der Waals surface area contributed by atoms with Gasteiger partial charge in [-0.1, -0.05) is 6.07 Å². The molecule has 0 spiro atoms. The van der Waals surface area contributed by atoms with Gasteiger partial charge in [0.25, 0.3) is 0 Å². The minimum Gasteiger partial charge on any atom is -0.478 e. The molecule has 1 unspecified atom stereocenters. The van der Waals surface area contributed by atoms with Gasteiger partial charge in [0, 0.05) is 31.4 Å². The molecule has 1 aromatic carbocycles. The van der Waals surface area contributed by atoms with E-state index in [1.807, 2.05) is 14.0 Å². The summed E-state index contributed by atoms with van der Waals surface area (Å²) in [5, 5.41) is 11.9. The Hall–Kier alpha value is -2.08. The maximum absolute atomic E-state index is 12.4. The van der Waals surface area contributed by atoms with Crippen molar-refractivity contribution >= 4 is 17.7 Å². The van der Waals surface area contributed by atoms with Crippen LogP contribution in [-0.2, 0) is 0 Å². The molecule has 0 saturated carbocycles. The van der Waals surface area contributed by atoms with Crippen LogP contribution < -0.4 is 5.32 Å². The van der Waals surface area contributed by atoms with E-state index < -0.39 is 5.97 Å². The third-order valence-electron chi connectivity index (χ3n) is 3.90. The minimum atomic E-state index is -0.989. The van der Waals surface area contributed by atoms with Gasteiger partial charge >= 0.3 is 12.0 Å². The lowest BCUT2D eigenvalue weighted by atomic mass is 10.1. The van der Waals surface area contributed by atoms with Gasteiger partial charge in [-0.25, -0.2) is 9.59 Å². The number of nitrogens with one attached hydrogen (secondary N) is 1. The molecule has 1 aliphatic heterocycles. The minimum absolute atomic E-state index is 0.131. The number of benzene rings is 1. The summed E-state index contributed by atoms with van der Waals surface area (Å²) in [6.45, 7) is 6.05. The average molecular weight is 291 g/mol. The van der Waals surface area contributed by atoms with E-state index in [9.17, 15) is 9.59 Å². The second-order valence-corrected chi connectivity index (χ2v) is 5.52. The first-order valence-corrected chi connectivity index (χ1v) is 6.99. The molecule has 2 rings (SSSR count). The lowest BCUT2D eigenvalue weighted by Crippen LogP contribution is -2.54. The lowest BCUT2D eigenvalue weighted by Gasteiger charge is -2.38. The van der Waals surface area contributed by atoms with Crippen LogP contribution in [0.25, 0.3) is 0 Å². The highest BCUT2D eigenvalue weighted by atomic mass is 16.4. The van der Waals surface area contributed by atoms with Crippen molar-refractivity contribution in [1.82, 2.24) is 9.80 Å². The molecule has 1 aliphatic rings. The number of nitrogens with zero attached hydrogens (tertiary/aromatic N) is 2. The number of aromatic carboxylic acids is 1. The Morgan fingerprint density at radius 2 is 2.05 bits per heavy atom. The van der Waals surface area contributed by atoms with Crippen LogP contribution >= 0.6 is 0 Å². The number of likely N-dealkylation sites (N-methyl/N-ethyl adjacent to an activating group) is 1. The molecule has 0 bridgehead atoms. The summed E-state index contributed by atoms with van der Waals surface area (Å²) in [6.07, 6.45) is 0. The van der Waals surface area contributed by atoms with Gasteiger partial charge < -0.3 is 20.2 Å².